The van der Waals surface area contributed by atoms with Crippen LogP contribution < -0.4 is 0 Å². The summed E-state index contributed by atoms with van der Waals surface area (Å²) >= 11 is 21.8. The van der Waals surface area contributed by atoms with Gasteiger partial charge in [0.05, 0.1) is 33.9 Å². The highest BCUT2D eigenvalue weighted by atomic mass is 32.3. The molecule has 0 amide bonds. The molecule has 0 saturated carbocycles. The van der Waals surface area contributed by atoms with Crippen molar-refractivity contribution >= 4 is 129 Å². The molecule has 5 aliphatic rings. The lowest BCUT2D eigenvalue weighted by Crippen LogP contribution is -1.73. The molecule has 1 fully saturated rings. The summed E-state index contributed by atoms with van der Waals surface area (Å²) in [5, 5.41) is 0. The Labute approximate surface area is 219 Å². The van der Waals surface area contributed by atoms with E-state index in [2.05, 4.69) is 38.1 Å². The third kappa shape index (κ3) is 4.77. The zero-order valence-corrected chi connectivity index (χ0v) is 24.9. The van der Waals surface area contributed by atoms with Gasteiger partial charge in [0.25, 0.3) is 0 Å². The highest BCUT2D eigenvalue weighted by Crippen LogP contribution is 2.71. The van der Waals surface area contributed by atoms with Gasteiger partial charge in [0.15, 0.2) is 0 Å². The molecule has 0 atom stereocenters. The minimum absolute atomic E-state index is 1.21. The summed E-state index contributed by atoms with van der Waals surface area (Å²) in [6.45, 7) is 4.48. The summed E-state index contributed by atoms with van der Waals surface area (Å²) in [5.74, 6) is 0. The molecule has 0 unspecified atom stereocenters. The standard InChI is InChI=1S/C18H16S11/c1-7-8(2)22-15(21-7)16-28-17-18(29-16)27-12(26-17)10-6-5-9(23-10)11-24-13(19-3)14(20-4)25-11/h5-6H2,1-4H3. The molecule has 5 heterocycles. The Kier molecular flexibility index (Phi) is 7.85. The van der Waals surface area contributed by atoms with Gasteiger partial charge in [-0.25, -0.2) is 0 Å². The molecule has 0 N–H and O–H groups in total. The molecule has 5 rings (SSSR count). The van der Waals surface area contributed by atoms with Crippen molar-refractivity contribution in [2.45, 2.75) is 26.7 Å². The molecule has 0 aliphatic carbocycles. The van der Waals surface area contributed by atoms with Crippen LogP contribution in [0.3, 0.4) is 0 Å². The van der Waals surface area contributed by atoms with Crippen LogP contribution in [0, 0.1) is 0 Å². The van der Waals surface area contributed by atoms with Crippen molar-refractivity contribution in [3.05, 3.63) is 53.5 Å². The van der Waals surface area contributed by atoms with Crippen LogP contribution in [0.2, 0.25) is 0 Å². The molecule has 154 valence electrons. The lowest BCUT2D eigenvalue weighted by atomic mass is 10.3. The Balaban J connectivity index is 1.25. The Morgan fingerprint density at radius 1 is 0.483 bits per heavy atom. The van der Waals surface area contributed by atoms with E-state index in [1.807, 2.05) is 118 Å². The van der Waals surface area contributed by atoms with Crippen LogP contribution in [0.5, 0.6) is 0 Å². The van der Waals surface area contributed by atoms with E-state index in [4.69, 9.17) is 0 Å². The maximum atomic E-state index is 2.24. The maximum absolute atomic E-state index is 2.24. The van der Waals surface area contributed by atoms with Crippen molar-refractivity contribution in [2.24, 2.45) is 0 Å². The largest absolute Gasteiger partial charge is 0.121 e. The van der Waals surface area contributed by atoms with Gasteiger partial charge < -0.3 is 0 Å². The number of allylic oxidation sites excluding steroid dienone is 4. The van der Waals surface area contributed by atoms with E-state index in [0.29, 0.717) is 0 Å². The van der Waals surface area contributed by atoms with Crippen molar-refractivity contribution in [1.29, 1.82) is 0 Å². The van der Waals surface area contributed by atoms with Gasteiger partial charge in [-0.3, -0.25) is 0 Å². The molecule has 0 spiro atoms. The molecule has 0 bridgehead atoms. The molecule has 11 heteroatoms. The normalized spacial score (nSPS) is 25.2. The zero-order valence-electron chi connectivity index (χ0n) is 15.9. The molecule has 0 aromatic carbocycles. The summed E-state index contributed by atoms with van der Waals surface area (Å²) < 4.78 is 12.0. The van der Waals surface area contributed by atoms with Gasteiger partial charge in [-0.15, -0.1) is 23.5 Å². The molecule has 0 radical (unpaired) electrons. The molecule has 0 aromatic rings. The van der Waals surface area contributed by atoms with Gasteiger partial charge in [0.2, 0.25) is 0 Å². The first-order valence-electron chi connectivity index (χ1n) is 8.61. The highest BCUT2D eigenvalue weighted by Gasteiger charge is 2.36. The SMILES string of the molecule is CSC1=C(SC)SC(=C2CCC(=C3SC4=C(S3)SC(=C3SC(C)=C(C)S3)S4)S2)S1. The van der Waals surface area contributed by atoms with Gasteiger partial charge in [0, 0.05) is 9.81 Å². The van der Waals surface area contributed by atoms with Gasteiger partial charge in [0.1, 0.15) is 0 Å². The van der Waals surface area contributed by atoms with Gasteiger partial charge in [-0.1, -0.05) is 106 Å². The van der Waals surface area contributed by atoms with Crippen LogP contribution in [-0.2, 0) is 0 Å². The van der Waals surface area contributed by atoms with Crippen LogP contribution >= 0.6 is 129 Å². The predicted molar refractivity (Wildman–Crippen MR) is 158 cm³/mol. The van der Waals surface area contributed by atoms with Crippen molar-refractivity contribution in [3.8, 4) is 0 Å². The molecule has 29 heavy (non-hydrogen) atoms. The monoisotopic (exact) mass is 584 g/mol. The van der Waals surface area contributed by atoms with Crippen LogP contribution in [0.4, 0.5) is 0 Å². The summed E-state index contributed by atoms with van der Waals surface area (Å²) in [5.41, 5.74) is 0. The van der Waals surface area contributed by atoms with Crippen LogP contribution in [0.25, 0.3) is 0 Å². The quantitative estimate of drug-likeness (QED) is 0.304. The minimum Gasteiger partial charge on any atom is -0.121 e. The van der Waals surface area contributed by atoms with Crippen molar-refractivity contribution in [2.75, 3.05) is 12.5 Å². The second kappa shape index (κ2) is 9.88. The van der Waals surface area contributed by atoms with Gasteiger partial charge in [-0.2, -0.15) is 0 Å². The lowest BCUT2D eigenvalue weighted by molar-refractivity contribution is 1.05. The zero-order chi connectivity index (χ0) is 20.1. The first-order valence-corrected chi connectivity index (χ1v) is 18.4. The topological polar surface area (TPSA) is 0 Å². The molecule has 0 aromatic heterocycles. The Bertz CT molecular complexity index is 920. The summed E-state index contributed by atoms with van der Waals surface area (Å²) in [4.78, 5) is 6.10. The number of thioether (sulfide) groups is 11. The van der Waals surface area contributed by atoms with Crippen LogP contribution in [-0.4, -0.2) is 12.5 Å². The minimum atomic E-state index is 1.21. The first kappa shape index (κ1) is 23.1. The van der Waals surface area contributed by atoms with Gasteiger partial charge in [-0.05, 0) is 49.0 Å². The van der Waals surface area contributed by atoms with Crippen molar-refractivity contribution in [1.82, 2.24) is 0 Å². The highest BCUT2D eigenvalue weighted by molar-refractivity contribution is 8.49. The maximum Gasteiger partial charge on any atom is 0.0717 e. The smallest absolute Gasteiger partial charge is 0.0717 e. The molecule has 1 saturated heterocycles. The second-order valence-corrected chi connectivity index (χ2v) is 19.5. The fraction of sp³-hybridized carbons (Fsp3) is 0.333. The van der Waals surface area contributed by atoms with E-state index < -0.39 is 0 Å². The second-order valence-electron chi connectivity index (χ2n) is 6.09. The Morgan fingerprint density at radius 3 is 1.31 bits per heavy atom. The van der Waals surface area contributed by atoms with E-state index >= 15 is 0 Å². The van der Waals surface area contributed by atoms with Crippen molar-refractivity contribution in [3.63, 3.8) is 0 Å². The fourth-order valence-corrected chi connectivity index (χ4v) is 18.6. The van der Waals surface area contributed by atoms with E-state index in [1.54, 1.807) is 9.81 Å². The van der Waals surface area contributed by atoms with E-state index in [-0.39, 0.29) is 0 Å². The summed E-state index contributed by atoms with van der Waals surface area (Å²) in [6.07, 6.45) is 6.81. The molecular weight excluding hydrogens is 569 g/mol. The average Bonchev–Trinajstić information content (AvgIpc) is 3.49. The lowest BCUT2D eigenvalue weighted by Gasteiger charge is -2.07. The molecule has 5 aliphatic heterocycles. The Hall–Kier alpha value is 2.29. The van der Waals surface area contributed by atoms with Crippen LogP contribution in [0.15, 0.2) is 53.5 Å². The van der Waals surface area contributed by atoms with E-state index in [9.17, 15) is 0 Å². The van der Waals surface area contributed by atoms with E-state index in [1.165, 1.54) is 56.5 Å². The molecule has 0 nitrogen and oxygen atoms in total. The third-order valence-electron chi connectivity index (χ3n) is 4.25. The molecular formula is C18H16S11. The number of hydrogen-bond donors (Lipinski definition) is 0. The third-order valence-corrected chi connectivity index (χ3v) is 20.3. The van der Waals surface area contributed by atoms with E-state index in [0.717, 1.165) is 0 Å². The van der Waals surface area contributed by atoms with Gasteiger partial charge >= 0.3 is 0 Å². The summed E-state index contributed by atoms with van der Waals surface area (Å²) in [7, 11) is 0. The number of rotatable bonds is 2. The van der Waals surface area contributed by atoms with Crippen molar-refractivity contribution < 1.29 is 0 Å². The first-order chi connectivity index (χ1) is 14.1. The van der Waals surface area contributed by atoms with Crippen LogP contribution in [0.1, 0.15) is 26.7 Å². The summed E-state index contributed by atoms with van der Waals surface area (Å²) in [6, 6.07) is 0. The number of hydrogen-bond acceptors (Lipinski definition) is 11. The average molecular weight is 585 g/mol. The Morgan fingerprint density at radius 2 is 0.862 bits per heavy atom. The fourth-order valence-electron chi connectivity index (χ4n) is 2.71. The predicted octanol–water partition coefficient (Wildman–Crippen LogP) is 11.1.